The normalized spacial score (nSPS) is 14.4. The molecule has 0 saturated heterocycles. The van der Waals surface area contributed by atoms with Crippen molar-refractivity contribution >= 4 is 86.9 Å². The Kier molecular flexibility index (Phi) is 8.50. The van der Waals surface area contributed by atoms with Crippen molar-refractivity contribution in [3.8, 4) is 31.3 Å². The second kappa shape index (κ2) is 13.9. The van der Waals surface area contributed by atoms with Gasteiger partial charge in [-0.05, 0) is 110 Å². The summed E-state index contributed by atoms with van der Waals surface area (Å²) in [6.45, 7) is 12.4. The monoisotopic (exact) mass is 936 g/mol. The van der Waals surface area contributed by atoms with Crippen molar-refractivity contribution in [2.45, 2.75) is 52.4 Å². The fraction of sp³-hybridized carbons (Fsp3) is 0.143. The predicted octanol–water partition coefficient (Wildman–Crippen LogP) is 16.8. The Balaban J connectivity index is 1.19. The van der Waals surface area contributed by atoms with E-state index in [1.54, 1.807) is 29.6 Å². The van der Waals surface area contributed by atoms with Crippen LogP contribution in [0.3, 0.4) is 0 Å². The van der Waals surface area contributed by atoms with Gasteiger partial charge in [-0.15, -0.1) is 45.3 Å². The van der Waals surface area contributed by atoms with Gasteiger partial charge in [-0.1, -0.05) is 119 Å². The fourth-order valence-electron chi connectivity index (χ4n) is 11.0. The van der Waals surface area contributed by atoms with Gasteiger partial charge < -0.3 is 0 Å². The van der Waals surface area contributed by atoms with E-state index in [0.29, 0.717) is 15.9 Å². The van der Waals surface area contributed by atoms with Crippen LogP contribution in [-0.4, -0.2) is 8.75 Å². The summed E-state index contributed by atoms with van der Waals surface area (Å²) in [4.78, 5) is 4.50. The van der Waals surface area contributed by atoms with Crippen molar-refractivity contribution in [3.05, 3.63) is 210 Å². The highest BCUT2D eigenvalue weighted by Crippen LogP contribution is 2.68. The van der Waals surface area contributed by atoms with Gasteiger partial charge in [0.05, 0.1) is 37.5 Å². The van der Waals surface area contributed by atoms with Crippen LogP contribution in [0.15, 0.2) is 121 Å². The van der Waals surface area contributed by atoms with Crippen LogP contribution in [0, 0.1) is 53.2 Å². The molecule has 0 aliphatic heterocycles. The average Bonchev–Trinajstić information content (AvgIpc) is 4.17. The number of halogens is 2. The van der Waals surface area contributed by atoms with Gasteiger partial charge in [0, 0.05) is 45.6 Å². The fourth-order valence-corrected chi connectivity index (χ4v) is 17.1. The van der Waals surface area contributed by atoms with Gasteiger partial charge in [0.2, 0.25) is 0 Å². The Morgan fingerprint density at radius 1 is 0.446 bits per heavy atom. The largest absolute Gasteiger partial charge is 0.203 e. The van der Waals surface area contributed by atoms with Crippen molar-refractivity contribution in [2.24, 2.45) is 0 Å². The first kappa shape index (κ1) is 39.7. The van der Waals surface area contributed by atoms with Crippen LogP contribution >= 0.6 is 57.1 Å². The minimum Gasteiger partial charge on any atom is -0.203 e. The van der Waals surface area contributed by atoms with Gasteiger partial charge in [0.25, 0.3) is 0 Å². The van der Waals surface area contributed by atoms with Crippen molar-refractivity contribution < 1.29 is 8.78 Å². The van der Waals surface area contributed by atoms with Gasteiger partial charge in [-0.3, -0.25) is 0 Å². The zero-order valence-corrected chi connectivity index (χ0v) is 40.3. The first-order chi connectivity index (χ1) is 31.5. The van der Waals surface area contributed by atoms with Crippen molar-refractivity contribution in [1.29, 1.82) is 0 Å². The van der Waals surface area contributed by atoms with E-state index in [9.17, 15) is 0 Å². The van der Waals surface area contributed by atoms with Crippen LogP contribution in [-0.2, 0) is 10.8 Å². The summed E-state index contributed by atoms with van der Waals surface area (Å²) in [5, 5.41) is 0. The van der Waals surface area contributed by atoms with Crippen molar-refractivity contribution in [2.75, 3.05) is 0 Å². The predicted molar refractivity (Wildman–Crippen MR) is 272 cm³/mol. The van der Waals surface area contributed by atoms with Crippen LogP contribution < -0.4 is 0 Å². The van der Waals surface area contributed by atoms with Gasteiger partial charge in [0.1, 0.15) is 11.0 Å². The lowest BCUT2D eigenvalue weighted by Gasteiger charge is -2.35. The molecule has 0 radical (unpaired) electrons. The molecule has 11 aromatic rings. The van der Waals surface area contributed by atoms with E-state index in [-0.39, 0.29) is 11.1 Å². The number of benzene rings is 6. The molecule has 65 heavy (non-hydrogen) atoms. The average molecular weight is 937 g/mol. The number of nitrogens with zero attached hydrogens (tertiary/aromatic N) is 2. The second-order valence-corrected chi connectivity index (χ2v) is 22.9. The molecule has 6 aromatic carbocycles. The highest BCUT2D eigenvalue weighted by Gasteiger charge is 2.54. The number of aryl methyl sites for hydroxylation is 6. The van der Waals surface area contributed by atoms with Gasteiger partial charge in [0.15, 0.2) is 11.6 Å². The standard InChI is InChI=1S/C56H38F2N2S5/c1-27-7-15-33(16-8-27)55(34-17-9-28(2)10-18-34)39-25-38-40(24-37(39)51-45(55)53-42(63-51)23-31(5)61-53)56(35-19-11-29(3)12-20-35,36-21-13-30(4)14-22-36)46-52(38)64-43-26-41(62-54(43)46)44-48(58)47(57)32(6)49-50(44)60-65-59-49/h7-26H,1-6H3. The summed E-state index contributed by atoms with van der Waals surface area (Å²) in [5.74, 6) is -1.74. The van der Waals surface area contributed by atoms with Gasteiger partial charge >= 0.3 is 0 Å². The van der Waals surface area contributed by atoms with E-state index in [4.69, 9.17) is 0 Å². The van der Waals surface area contributed by atoms with Crippen LogP contribution in [0.5, 0.6) is 0 Å². The number of hydrogen-bond acceptors (Lipinski definition) is 7. The number of aromatic nitrogens is 2. The molecule has 13 rings (SSSR count). The molecule has 0 unspecified atom stereocenters. The number of hydrogen-bond donors (Lipinski definition) is 0. The molecule has 0 saturated carbocycles. The molecule has 2 aliphatic carbocycles. The molecular weight excluding hydrogens is 899 g/mol. The van der Waals surface area contributed by atoms with Crippen LogP contribution in [0.1, 0.15) is 77.2 Å². The molecule has 2 nitrogen and oxygen atoms in total. The molecule has 0 bridgehead atoms. The maximum atomic E-state index is 16.3. The van der Waals surface area contributed by atoms with Crippen LogP contribution in [0.4, 0.5) is 8.78 Å². The topological polar surface area (TPSA) is 25.8 Å². The molecule has 0 atom stereocenters. The Labute approximate surface area is 395 Å². The zero-order chi connectivity index (χ0) is 44.3. The second-order valence-electron chi connectivity index (χ2n) is 18.0. The molecule has 0 amide bonds. The lowest BCUT2D eigenvalue weighted by Crippen LogP contribution is -2.30. The highest BCUT2D eigenvalue weighted by atomic mass is 32.1. The summed E-state index contributed by atoms with van der Waals surface area (Å²) in [6.07, 6.45) is 0. The summed E-state index contributed by atoms with van der Waals surface area (Å²) < 4.78 is 45.8. The summed E-state index contributed by atoms with van der Waals surface area (Å²) in [7, 11) is 0. The third-order valence-corrected chi connectivity index (χ3v) is 19.4. The minimum atomic E-state index is -0.873. The Hall–Kier alpha value is -5.68. The smallest absolute Gasteiger partial charge is 0.170 e. The van der Waals surface area contributed by atoms with Crippen molar-refractivity contribution in [1.82, 2.24) is 8.75 Å². The van der Waals surface area contributed by atoms with Gasteiger partial charge in [-0.2, -0.15) is 8.75 Å². The molecule has 5 heterocycles. The molecule has 0 spiro atoms. The summed E-state index contributed by atoms with van der Waals surface area (Å²) in [5.41, 5.74) is 17.1. The van der Waals surface area contributed by atoms with Crippen molar-refractivity contribution in [3.63, 3.8) is 0 Å². The highest BCUT2D eigenvalue weighted by molar-refractivity contribution is 7.32. The third-order valence-electron chi connectivity index (χ3n) is 14.1. The number of thiophene rings is 4. The summed E-state index contributed by atoms with van der Waals surface area (Å²) in [6, 6.07) is 46.1. The number of fused-ring (bicyclic) bond motifs is 11. The molecule has 9 heteroatoms. The van der Waals surface area contributed by atoms with E-state index in [0.717, 1.165) is 21.1 Å². The molecule has 0 fully saturated rings. The van der Waals surface area contributed by atoms with E-state index < -0.39 is 22.5 Å². The van der Waals surface area contributed by atoms with E-state index >= 15 is 8.78 Å². The maximum Gasteiger partial charge on any atom is 0.170 e. The van der Waals surface area contributed by atoms with E-state index in [1.165, 1.54) is 102 Å². The molecule has 5 aromatic heterocycles. The molecule has 316 valence electrons. The van der Waals surface area contributed by atoms with E-state index in [2.05, 4.69) is 165 Å². The maximum absolute atomic E-state index is 16.3. The Morgan fingerprint density at radius 2 is 0.862 bits per heavy atom. The lowest BCUT2D eigenvalue weighted by atomic mass is 9.65. The van der Waals surface area contributed by atoms with Crippen LogP contribution in [0.2, 0.25) is 0 Å². The molecular formula is C56H38F2N2S5. The molecule has 0 N–H and O–H groups in total. The SMILES string of the molecule is Cc1ccc(C2(c3ccc(C)cc3)c3cc4c(cc3-c3sc5cc(C)sc5c32)C(c2ccc(C)cc2)(c2ccc(C)cc2)c2c-4sc3cc(-c4c(F)c(F)c(C)c5nsnc45)sc23)cc1. The quantitative estimate of drug-likeness (QED) is 0.172. The Bertz CT molecular complexity index is 3690. The van der Waals surface area contributed by atoms with E-state index in [1.807, 2.05) is 22.7 Å². The molecule has 2 aliphatic rings. The van der Waals surface area contributed by atoms with Gasteiger partial charge in [-0.25, -0.2) is 8.78 Å². The first-order valence-corrected chi connectivity index (χ1v) is 25.7. The summed E-state index contributed by atoms with van der Waals surface area (Å²) >= 11 is 8.12. The zero-order valence-electron chi connectivity index (χ0n) is 36.2. The van der Waals surface area contributed by atoms with Crippen LogP contribution in [0.25, 0.3) is 61.2 Å². The Morgan fingerprint density at radius 3 is 1.32 bits per heavy atom. The lowest BCUT2D eigenvalue weighted by molar-refractivity contribution is 0.508. The third kappa shape index (κ3) is 5.22. The first-order valence-electron chi connectivity index (χ1n) is 21.7. The number of rotatable bonds is 5. The minimum absolute atomic E-state index is 0.186.